The standard InChI is InChI=1S/C42H40N6O7S2/c1-21-10-31(49)36-33(52-21)14-32-27(37(36)50)16-42-8-6-25(15-40(42,2)53-32)57-56-20-28-26(13-24(46-38(28)44)18-48-17-23-7-9-45-30(23)19-48)29-11-22(12-35(43)47-29)4-5-34-41(3,54-34)39(51)55-42/h6-14,17,25,34,50H,4-5,15-16,18-20H2,1-3H3,(H2,43,47)(H2,44,46). The van der Waals surface area contributed by atoms with Crippen LogP contribution in [0, 0.1) is 6.92 Å². The van der Waals surface area contributed by atoms with Gasteiger partial charge in [0.05, 0.1) is 36.3 Å². The molecule has 292 valence electrons. The second-order valence-corrected chi connectivity index (χ2v) is 18.6. The van der Waals surface area contributed by atoms with Crippen molar-refractivity contribution in [3.05, 3.63) is 105 Å². The maximum absolute atomic E-state index is 14.2. The molecule has 7 aliphatic rings. The minimum Gasteiger partial charge on any atom is -0.507 e. The molecule has 6 aliphatic heterocycles. The summed E-state index contributed by atoms with van der Waals surface area (Å²) in [5, 5.41) is 11.5. The first kappa shape index (κ1) is 36.1. The number of epoxide rings is 1. The molecule has 57 heavy (non-hydrogen) atoms. The Labute approximate surface area is 335 Å². The van der Waals surface area contributed by atoms with Crippen molar-refractivity contribution in [2.45, 2.75) is 86.9 Å². The van der Waals surface area contributed by atoms with Crippen molar-refractivity contribution in [1.82, 2.24) is 14.9 Å². The van der Waals surface area contributed by atoms with E-state index in [9.17, 15) is 14.7 Å². The number of allylic oxidation sites excluding steroid dienone is 1. The second-order valence-electron chi connectivity index (χ2n) is 16.0. The van der Waals surface area contributed by atoms with E-state index in [1.807, 2.05) is 43.5 Å². The van der Waals surface area contributed by atoms with Crippen molar-refractivity contribution in [2.24, 2.45) is 4.99 Å². The molecule has 15 heteroatoms. The first-order valence-electron chi connectivity index (χ1n) is 18.9. The van der Waals surface area contributed by atoms with Crippen molar-refractivity contribution in [3.63, 3.8) is 0 Å². The Bertz CT molecular complexity index is 2620. The van der Waals surface area contributed by atoms with Crippen LogP contribution in [0.15, 0.2) is 80.7 Å². The molecule has 5 atom stereocenters. The number of pyridine rings is 2. The number of carbonyl (C=O) groups is 1. The van der Waals surface area contributed by atoms with Crippen LogP contribution >= 0.6 is 21.6 Å². The zero-order valence-electron chi connectivity index (χ0n) is 31.5. The third-order valence-corrected chi connectivity index (χ3v) is 14.6. The SMILES string of the molecule is Cc1cc(=O)c2c(O)c3c(cc2o1)OC1(C)CC2C=CC1(C3)OC(=O)C1(C)OC1CCc1cc(N)nc(c1)-c1cc(CN3C=C4C=CN=C4C3)nc(N)c1CSS2. The summed E-state index contributed by atoms with van der Waals surface area (Å²) >= 11 is 0. The highest BCUT2D eigenvalue weighted by Gasteiger charge is 2.64. The molecule has 0 radical (unpaired) electrons. The number of nitrogen functional groups attached to an aromatic ring is 2. The van der Waals surface area contributed by atoms with E-state index in [1.54, 1.807) is 41.5 Å². The number of hydrogen-bond acceptors (Lipinski definition) is 15. The molecule has 1 saturated heterocycles. The highest BCUT2D eigenvalue weighted by molar-refractivity contribution is 8.76. The second kappa shape index (κ2) is 12.9. The zero-order valence-corrected chi connectivity index (χ0v) is 33.2. The lowest BCUT2D eigenvalue weighted by atomic mass is 9.70. The van der Waals surface area contributed by atoms with Gasteiger partial charge in [0.25, 0.3) is 0 Å². The summed E-state index contributed by atoms with van der Waals surface area (Å²) < 4.78 is 25.3. The van der Waals surface area contributed by atoms with Crippen molar-refractivity contribution < 1.29 is 28.5 Å². The van der Waals surface area contributed by atoms with Crippen LogP contribution in [0.1, 0.15) is 54.8 Å². The average molecular weight is 805 g/mol. The number of ether oxygens (including phenoxy) is 3. The molecule has 1 aromatic carbocycles. The minimum atomic E-state index is -1.32. The van der Waals surface area contributed by atoms with Gasteiger partial charge >= 0.3 is 5.97 Å². The summed E-state index contributed by atoms with van der Waals surface area (Å²) in [5.41, 5.74) is 16.2. The number of nitrogens with two attached hydrogens (primary N) is 2. The number of phenolic OH excluding ortho intramolecular Hbond substituents is 1. The molecule has 9 heterocycles. The van der Waals surface area contributed by atoms with E-state index >= 15 is 0 Å². The molecule has 4 aromatic rings. The van der Waals surface area contributed by atoms with Gasteiger partial charge < -0.3 is 40.1 Å². The van der Waals surface area contributed by atoms with E-state index in [2.05, 4.69) is 22.2 Å². The van der Waals surface area contributed by atoms with Crippen LogP contribution in [0.25, 0.3) is 22.2 Å². The molecule has 5 unspecified atom stereocenters. The fourth-order valence-electron chi connectivity index (χ4n) is 8.78. The molecular weight excluding hydrogens is 765 g/mol. The fourth-order valence-corrected chi connectivity index (χ4v) is 11.5. The predicted octanol–water partition coefficient (Wildman–Crippen LogP) is 6.09. The molecule has 1 aliphatic carbocycles. The molecule has 0 amide bonds. The van der Waals surface area contributed by atoms with E-state index in [0.29, 0.717) is 72.5 Å². The highest BCUT2D eigenvalue weighted by atomic mass is 33.1. The lowest BCUT2D eigenvalue weighted by Crippen LogP contribution is -2.64. The monoisotopic (exact) mass is 804 g/mol. The third kappa shape index (κ3) is 6.00. The Kier molecular flexibility index (Phi) is 8.16. The molecule has 3 aromatic heterocycles. The van der Waals surface area contributed by atoms with Gasteiger partial charge in [-0.3, -0.25) is 9.79 Å². The number of aromatic hydroxyl groups is 1. The first-order chi connectivity index (χ1) is 27.3. The summed E-state index contributed by atoms with van der Waals surface area (Å²) in [6, 6.07) is 8.94. The average Bonchev–Trinajstić information content (AvgIpc) is 3.40. The Morgan fingerprint density at radius 1 is 1.07 bits per heavy atom. The molecule has 13 nitrogen and oxygen atoms in total. The Hall–Kier alpha value is -5.25. The number of aryl methyl sites for hydroxylation is 2. The van der Waals surface area contributed by atoms with E-state index in [0.717, 1.165) is 33.7 Å². The Morgan fingerprint density at radius 2 is 1.93 bits per heavy atom. The number of rotatable bonds is 2. The van der Waals surface area contributed by atoms with Gasteiger partial charge in [-0.25, -0.2) is 14.8 Å². The van der Waals surface area contributed by atoms with Crippen molar-refractivity contribution in [3.8, 4) is 22.8 Å². The lowest BCUT2D eigenvalue weighted by Gasteiger charge is -2.52. The minimum absolute atomic E-state index is 0.0563. The normalized spacial score (nSPS) is 28.5. The van der Waals surface area contributed by atoms with Gasteiger partial charge in [0.2, 0.25) is 0 Å². The molecule has 0 saturated carbocycles. The Morgan fingerprint density at radius 3 is 2.77 bits per heavy atom. The number of esters is 1. The number of anilines is 2. The fraction of sp³-hybridized carbons (Fsp3) is 0.357. The molecule has 5 N–H and O–H groups in total. The smallest absolute Gasteiger partial charge is 0.341 e. The molecule has 1 spiro atoms. The topological polar surface area (TPSA) is 192 Å². The first-order valence-corrected chi connectivity index (χ1v) is 21.3. The van der Waals surface area contributed by atoms with Crippen LogP contribution in [0.2, 0.25) is 0 Å². The maximum Gasteiger partial charge on any atom is 0.341 e. The van der Waals surface area contributed by atoms with Gasteiger partial charge in [0.1, 0.15) is 39.9 Å². The van der Waals surface area contributed by atoms with E-state index < -0.39 is 28.9 Å². The lowest BCUT2D eigenvalue weighted by molar-refractivity contribution is -0.186. The van der Waals surface area contributed by atoms with Gasteiger partial charge in [0.15, 0.2) is 22.2 Å². The van der Waals surface area contributed by atoms with Crippen LogP contribution in [0.4, 0.5) is 11.6 Å². The summed E-state index contributed by atoms with van der Waals surface area (Å²) in [4.78, 5) is 43.6. The number of hydrogen-bond donors (Lipinski definition) is 3. The van der Waals surface area contributed by atoms with Crippen molar-refractivity contribution in [2.75, 3.05) is 18.0 Å². The van der Waals surface area contributed by atoms with Gasteiger partial charge in [-0.1, -0.05) is 27.7 Å². The summed E-state index contributed by atoms with van der Waals surface area (Å²) in [6.45, 7) is 6.60. The number of carbonyl (C=O) groups excluding carboxylic acids is 1. The number of benzene rings is 1. The quantitative estimate of drug-likeness (QED) is 0.0913. The van der Waals surface area contributed by atoms with E-state index in [1.165, 1.54) is 6.07 Å². The van der Waals surface area contributed by atoms with Gasteiger partial charge in [-0.05, 0) is 69.5 Å². The van der Waals surface area contributed by atoms with Gasteiger partial charge in [-0.15, -0.1) is 0 Å². The number of aliphatic imine (C=N–C) groups is 1. The Balaban J connectivity index is 1.02. The van der Waals surface area contributed by atoms with Crippen LogP contribution < -0.4 is 21.6 Å². The maximum atomic E-state index is 14.2. The number of phenols is 1. The van der Waals surface area contributed by atoms with Gasteiger partial charge in [-0.2, -0.15) is 0 Å². The van der Waals surface area contributed by atoms with Crippen LogP contribution in [-0.4, -0.2) is 66.4 Å². The number of nitrogens with zero attached hydrogens (tertiary/aromatic N) is 4. The summed E-state index contributed by atoms with van der Waals surface area (Å²) in [7, 11) is 3.29. The van der Waals surface area contributed by atoms with Crippen molar-refractivity contribution in [1.29, 1.82) is 0 Å². The third-order valence-electron chi connectivity index (χ3n) is 12.0. The predicted molar refractivity (Wildman–Crippen MR) is 220 cm³/mol. The molecular formula is C42H40N6O7S2. The van der Waals surface area contributed by atoms with Crippen LogP contribution in [0.3, 0.4) is 0 Å². The van der Waals surface area contributed by atoms with Crippen LogP contribution in [0.5, 0.6) is 11.5 Å². The largest absolute Gasteiger partial charge is 0.507 e. The zero-order chi connectivity index (χ0) is 39.4. The highest BCUT2D eigenvalue weighted by Crippen LogP contribution is 2.54. The van der Waals surface area contributed by atoms with Crippen LogP contribution in [-0.2, 0) is 39.4 Å². The van der Waals surface area contributed by atoms with Gasteiger partial charge in [0, 0.05) is 70.6 Å². The summed E-state index contributed by atoms with van der Waals surface area (Å²) in [5.74, 6) is 1.36. The van der Waals surface area contributed by atoms with Crippen molar-refractivity contribution >= 4 is 55.9 Å². The van der Waals surface area contributed by atoms with E-state index in [4.69, 9.17) is 40.1 Å². The summed E-state index contributed by atoms with van der Waals surface area (Å²) in [6.07, 6.45) is 11.1. The molecule has 4 bridgehead atoms. The number of fused-ring (bicyclic) bond motifs is 7. The molecule has 1 fully saturated rings. The molecule has 11 rings (SSSR count). The number of aromatic nitrogens is 2. The van der Waals surface area contributed by atoms with E-state index in [-0.39, 0.29) is 33.8 Å².